The number of rotatable bonds is 7. The van der Waals surface area contributed by atoms with Crippen LogP contribution >= 0.6 is 15.9 Å². The molecule has 0 aliphatic carbocycles. The maximum absolute atomic E-state index is 4.14. The average molecular weight is 285 g/mol. The molecule has 16 heavy (non-hydrogen) atoms. The molecule has 0 bridgehead atoms. The van der Waals surface area contributed by atoms with E-state index in [1.165, 1.54) is 32.1 Å². The van der Waals surface area contributed by atoms with Gasteiger partial charge in [0.15, 0.2) is 0 Å². The lowest BCUT2D eigenvalue weighted by Gasteiger charge is -2.14. The molecule has 1 aromatic heterocycles. The van der Waals surface area contributed by atoms with E-state index in [0.29, 0.717) is 6.04 Å². The molecule has 1 rings (SSSR count). The number of hydrogen-bond donors (Lipinski definition) is 1. The van der Waals surface area contributed by atoms with Crippen molar-refractivity contribution in [1.29, 1.82) is 0 Å². The minimum atomic E-state index is 0.521. The molecule has 0 saturated carbocycles. The third-order valence-electron chi connectivity index (χ3n) is 2.61. The fourth-order valence-electron chi connectivity index (χ4n) is 1.72. The van der Waals surface area contributed by atoms with E-state index in [0.717, 1.165) is 10.2 Å². The molecule has 0 amide bonds. The van der Waals surface area contributed by atoms with Crippen LogP contribution in [0.2, 0.25) is 0 Å². The van der Waals surface area contributed by atoms with E-state index in [4.69, 9.17) is 0 Å². The Labute approximate surface area is 107 Å². The van der Waals surface area contributed by atoms with Gasteiger partial charge in [-0.2, -0.15) is 0 Å². The summed E-state index contributed by atoms with van der Waals surface area (Å²) in [7, 11) is 0. The predicted molar refractivity (Wildman–Crippen MR) is 73.8 cm³/mol. The molecule has 0 radical (unpaired) electrons. The second-order valence-corrected chi connectivity index (χ2v) is 5.20. The van der Waals surface area contributed by atoms with Crippen molar-refractivity contribution in [3.63, 3.8) is 0 Å². The van der Waals surface area contributed by atoms with E-state index >= 15 is 0 Å². The molecule has 0 aliphatic rings. The normalized spacial score (nSPS) is 12.4. The van der Waals surface area contributed by atoms with Crippen LogP contribution in [-0.4, -0.2) is 11.0 Å². The molecule has 0 fully saturated rings. The lowest BCUT2D eigenvalue weighted by molar-refractivity contribution is 0.594. The third-order valence-corrected chi connectivity index (χ3v) is 3.04. The van der Waals surface area contributed by atoms with Crippen molar-refractivity contribution in [3.8, 4) is 0 Å². The summed E-state index contributed by atoms with van der Waals surface area (Å²) in [5.74, 6) is 0. The number of nitrogens with zero attached hydrogens (tertiary/aromatic N) is 1. The van der Waals surface area contributed by atoms with Crippen molar-refractivity contribution in [1.82, 2.24) is 4.98 Å². The quantitative estimate of drug-likeness (QED) is 0.740. The zero-order chi connectivity index (χ0) is 11.8. The Bertz CT molecular complexity index is 302. The molecule has 1 N–H and O–H groups in total. The second-order valence-electron chi connectivity index (χ2n) is 4.29. The lowest BCUT2D eigenvalue weighted by Crippen LogP contribution is -2.14. The van der Waals surface area contributed by atoms with E-state index in [1.807, 2.05) is 6.20 Å². The number of halogens is 1. The Balaban J connectivity index is 2.25. The first-order valence-electron chi connectivity index (χ1n) is 6.09. The van der Waals surface area contributed by atoms with E-state index in [1.54, 1.807) is 6.20 Å². The van der Waals surface area contributed by atoms with Crippen molar-refractivity contribution in [2.45, 2.75) is 52.0 Å². The molecule has 0 saturated heterocycles. The smallest absolute Gasteiger partial charge is 0.0540 e. The van der Waals surface area contributed by atoms with Crippen LogP contribution in [0.25, 0.3) is 0 Å². The number of nitrogens with one attached hydrogen (secondary N) is 1. The SMILES string of the molecule is CCCCCCC(C)Nc1cncc(Br)c1. The topological polar surface area (TPSA) is 24.9 Å². The van der Waals surface area contributed by atoms with Gasteiger partial charge in [-0.1, -0.05) is 32.6 Å². The summed E-state index contributed by atoms with van der Waals surface area (Å²) in [6, 6.07) is 2.59. The van der Waals surface area contributed by atoms with Gasteiger partial charge in [-0.25, -0.2) is 0 Å². The van der Waals surface area contributed by atoms with Gasteiger partial charge < -0.3 is 5.32 Å². The first-order valence-corrected chi connectivity index (χ1v) is 6.88. The van der Waals surface area contributed by atoms with Crippen LogP contribution in [0.4, 0.5) is 5.69 Å². The van der Waals surface area contributed by atoms with Crippen molar-refractivity contribution < 1.29 is 0 Å². The maximum Gasteiger partial charge on any atom is 0.0540 e. The van der Waals surface area contributed by atoms with Gasteiger partial charge in [0.25, 0.3) is 0 Å². The number of pyridine rings is 1. The van der Waals surface area contributed by atoms with E-state index in [2.05, 4.69) is 46.1 Å². The second kappa shape index (κ2) is 7.66. The maximum atomic E-state index is 4.14. The average Bonchev–Trinajstić information content (AvgIpc) is 2.24. The highest BCUT2D eigenvalue weighted by Gasteiger charge is 2.02. The molecule has 1 aromatic rings. The Morgan fingerprint density at radius 1 is 1.31 bits per heavy atom. The summed E-state index contributed by atoms with van der Waals surface area (Å²) in [5, 5.41) is 3.47. The Morgan fingerprint density at radius 2 is 2.12 bits per heavy atom. The van der Waals surface area contributed by atoms with Gasteiger partial charge in [0.1, 0.15) is 0 Å². The fraction of sp³-hybridized carbons (Fsp3) is 0.615. The molecule has 0 aliphatic heterocycles. The summed E-state index contributed by atoms with van der Waals surface area (Å²) < 4.78 is 1.02. The molecule has 1 unspecified atom stereocenters. The molecule has 1 atom stereocenters. The summed E-state index contributed by atoms with van der Waals surface area (Å²) in [5.41, 5.74) is 1.09. The molecular weight excluding hydrogens is 264 g/mol. The number of anilines is 1. The predicted octanol–water partition coefficient (Wildman–Crippen LogP) is 4.61. The highest BCUT2D eigenvalue weighted by molar-refractivity contribution is 9.10. The number of aromatic nitrogens is 1. The van der Waals surface area contributed by atoms with Crippen LogP contribution in [0, 0.1) is 0 Å². The Kier molecular flexibility index (Phi) is 6.46. The van der Waals surface area contributed by atoms with Gasteiger partial charge in [0, 0.05) is 16.7 Å². The molecule has 1 heterocycles. The van der Waals surface area contributed by atoms with Gasteiger partial charge in [-0.15, -0.1) is 0 Å². The molecule has 90 valence electrons. The first kappa shape index (κ1) is 13.5. The zero-order valence-electron chi connectivity index (χ0n) is 10.2. The van der Waals surface area contributed by atoms with Crippen LogP contribution in [0.15, 0.2) is 22.9 Å². The number of hydrogen-bond acceptors (Lipinski definition) is 2. The lowest BCUT2D eigenvalue weighted by atomic mass is 10.1. The van der Waals surface area contributed by atoms with Gasteiger partial charge in [-0.05, 0) is 35.3 Å². The summed E-state index contributed by atoms with van der Waals surface area (Å²) in [6.45, 7) is 4.47. The van der Waals surface area contributed by atoms with Crippen molar-refractivity contribution >= 4 is 21.6 Å². The third kappa shape index (κ3) is 5.50. The number of unbranched alkanes of at least 4 members (excludes halogenated alkanes) is 3. The highest BCUT2D eigenvalue weighted by atomic mass is 79.9. The Morgan fingerprint density at radius 3 is 2.81 bits per heavy atom. The van der Waals surface area contributed by atoms with E-state index in [-0.39, 0.29) is 0 Å². The zero-order valence-corrected chi connectivity index (χ0v) is 11.8. The minimum absolute atomic E-state index is 0.521. The standard InChI is InChI=1S/C13H21BrN2/c1-3-4-5-6-7-11(2)16-13-8-12(14)9-15-10-13/h8-11,16H,3-7H2,1-2H3. The van der Waals surface area contributed by atoms with Gasteiger partial charge in [0.05, 0.1) is 11.9 Å². The van der Waals surface area contributed by atoms with Gasteiger partial charge in [0.2, 0.25) is 0 Å². The first-order chi connectivity index (χ1) is 7.72. The molecule has 0 aromatic carbocycles. The molecule has 2 nitrogen and oxygen atoms in total. The Hall–Kier alpha value is -0.570. The monoisotopic (exact) mass is 284 g/mol. The van der Waals surface area contributed by atoms with Gasteiger partial charge in [-0.3, -0.25) is 4.98 Å². The molecule has 3 heteroatoms. The summed E-state index contributed by atoms with van der Waals surface area (Å²) in [6.07, 6.45) is 10.2. The molecule has 0 spiro atoms. The van der Waals surface area contributed by atoms with E-state index in [9.17, 15) is 0 Å². The van der Waals surface area contributed by atoms with Crippen LogP contribution in [0.1, 0.15) is 46.0 Å². The minimum Gasteiger partial charge on any atom is -0.381 e. The van der Waals surface area contributed by atoms with Crippen LogP contribution in [0.3, 0.4) is 0 Å². The van der Waals surface area contributed by atoms with Crippen molar-refractivity contribution in [3.05, 3.63) is 22.9 Å². The summed E-state index contributed by atoms with van der Waals surface area (Å²) >= 11 is 3.42. The van der Waals surface area contributed by atoms with Gasteiger partial charge >= 0.3 is 0 Å². The van der Waals surface area contributed by atoms with Crippen molar-refractivity contribution in [2.75, 3.05) is 5.32 Å². The van der Waals surface area contributed by atoms with Crippen LogP contribution in [-0.2, 0) is 0 Å². The largest absolute Gasteiger partial charge is 0.381 e. The van der Waals surface area contributed by atoms with Crippen LogP contribution in [0.5, 0.6) is 0 Å². The fourth-order valence-corrected chi connectivity index (χ4v) is 2.09. The highest BCUT2D eigenvalue weighted by Crippen LogP contribution is 2.16. The molecular formula is C13H21BrN2. The summed E-state index contributed by atoms with van der Waals surface area (Å²) in [4.78, 5) is 4.14. The van der Waals surface area contributed by atoms with Crippen LogP contribution < -0.4 is 5.32 Å². The van der Waals surface area contributed by atoms with Crippen molar-refractivity contribution in [2.24, 2.45) is 0 Å². The van der Waals surface area contributed by atoms with E-state index < -0.39 is 0 Å².